The van der Waals surface area contributed by atoms with Gasteiger partial charge in [-0.05, 0) is 26.2 Å². The van der Waals surface area contributed by atoms with E-state index in [0.29, 0.717) is 18.7 Å². The van der Waals surface area contributed by atoms with Gasteiger partial charge in [-0.1, -0.05) is 6.92 Å². The fourth-order valence-corrected chi connectivity index (χ4v) is 1.74. The molecule has 0 atom stereocenters. The summed E-state index contributed by atoms with van der Waals surface area (Å²) < 4.78 is 0. The molecule has 2 N–H and O–H groups in total. The third kappa shape index (κ3) is 1.14. The number of nitrogens with zero attached hydrogens (tertiary/aromatic N) is 1. The molecule has 0 aromatic carbocycles. The van der Waals surface area contributed by atoms with E-state index in [1.807, 2.05) is 13.8 Å². The fourth-order valence-electron chi connectivity index (χ4n) is 1.74. The van der Waals surface area contributed by atoms with Crippen LogP contribution in [0.15, 0.2) is 0 Å². The molecule has 0 amide bonds. The number of rotatable bonds is 3. The van der Waals surface area contributed by atoms with Crippen molar-refractivity contribution in [1.29, 1.82) is 0 Å². The third-order valence-corrected chi connectivity index (χ3v) is 2.93. The number of hydrogen-bond acceptors (Lipinski definition) is 2. The average Bonchev–Trinajstić information content (AvgIpc) is 2.86. The lowest BCUT2D eigenvalue weighted by atomic mass is 10.1. The highest BCUT2D eigenvalue weighted by molar-refractivity contribution is 5.83. The second-order valence-corrected chi connectivity index (χ2v) is 3.90. The first kappa shape index (κ1) is 9.24. The minimum Gasteiger partial charge on any atom is -0.480 e. The molecule has 0 spiro atoms. The third-order valence-electron chi connectivity index (χ3n) is 2.93. The highest BCUT2D eigenvalue weighted by Crippen LogP contribution is 2.47. The van der Waals surface area contributed by atoms with E-state index in [-0.39, 0.29) is 0 Å². The van der Waals surface area contributed by atoms with Crippen LogP contribution in [0.4, 0.5) is 0 Å². The molecule has 1 fully saturated rings. The normalized spacial score (nSPS) is 18.1. The summed E-state index contributed by atoms with van der Waals surface area (Å²) in [5.41, 5.74) is 1.28. The zero-order valence-electron chi connectivity index (χ0n) is 8.42. The number of carbonyl (C=O) groups is 1. The summed E-state index contributed by atoms with van der Waals surface area (Å²) in [4.78, 5) is 18.5. The van der Waals surface area contributed by atoms with Gasteiger partial charge >= 0.3 is 5.97 Å². The first-order valence-corrected chi connectivity index (χ1v) is 4.89. The quantitative estimate of drug-likeness (QED) is 0.764. The maximum atomic E-state index is 11.0. The smallest absolute Gasteiger partial charge is 0.317 e. The lowest BCUT2D eigenvalue weighted by Crippen LogP contribution is -2.21. The van der Waals surface area contributed by atoms with Gasteiger partial charge in [0.2, 0.25) is 0 Å². The van der Waals surface area contributed by atoms with Crippen LogP contribution in [-0.4, -0.2) is 21.0 Å². The maximum Gasteiger partial charge on any atom is 0.317 e. The standard InChI is InChI=1S/C10H14N2O2/c1-3-7-6(2)11-8(12-7)10(4-5-10)9(13)14/h3-5H2,1-2H3,(H,11,12)(H,13,14). The van der Waals surface area contributed by atoms with E-state index in [0.717, 1.165) is 17.8 Å². The highest BCUT2D eigenvalue weighted by Gasteiger charge is 2.54. The van der Waals surface area contributed by atoms with Crippen LogP contribution in [-0.2, 0) is 16.6 Å². The first-order chi connectivity index (χ1) is 6.60. The molecule has 0 bridgehead atoms. The number of aromatic amines is 1. The van der Waals surface area contributed by atoms with Gasteiger partial charge in [-0.25, -0.2) is 4.98 Å². The van der Waals surface area contributed by atoms with E-state index in [2.05, 4.69) is 9.97 Å². The van der Waals surface area contributed by atoms with Crippen molar-refractivity contribution in [2.24, 2.45) is 0 Å². The van der Waals surface area contributed by atoms with Crippen LogP contribution >= 0.6 is 0 Å². The van der Waals surface area contributed by atoms with Gasteiger partial charge in [0.25, 0.3) is 0 Å². The maximum absolute atomic E-state index is 11.0. The van der Waals surface area contributed by atoms with E-state index < -0.39 is 11.4 Å². The number of aromatic nitrogens is 2. The second kappa shape index (κ2) is 2.83. The monoisotopic (exact) mass is 194 g/mol. The van der Waals surface area contributed by atoms with Gasteiger partial charge in [-0.2, -0.15) is 0 Å². The Bertz CT molecular complexity index is 377. The predicted octanol–water partition coefficient (Wildman–Crippen LogP) is 1.40. The zero-order chi connectivity index (χ0) is 10.3. The Morgan fingerprint density at radius 3 is 2.64 bits per heavy atom. The van der Waals surface area contributed by atoms with Crippen molar-refractivity contribution in [2.45, 2.75) is 38.5 Å². The van der Waals surface area contributed by atoms with Gasteiger partial charge < -0.3 is 10.1 Å². The van der Waals surface area contributed by atoms with Crippen molar-refractivity contribution < 1.29 is 9.90 Å². The molecule has 1 aromatic rings. The molecule has 1 aliphatic carbocycles. The number of carboxylic acid groups (broad SMARTS) is 1. The largest absolute Gasteiger partial charge is 0.480 e. The summed E-state index contributed by atoms with van der Waals surface area (Å²) in [6.45, 7) is 3.96. The van der Waals surface area contributed by atoms with Gasteiger partial charge in [0.1, 0.15) is 11.2 Å². The molecule has 2 rings (SSSR count). The van der Waals surface area contributed by atoms with Crippen molar-refractivity contribution in [3.05, 3.63) is 17.2 Å². The molecule has 1 aromatic heterocycles. The molecule has 1 aliphatic rings. The summed E-state index contributed by atoms with van der Waals surface area (Å²) in [5, 5.41) is 9.07. The van der Waals surface area contributed by atoms with Crippen LogP contribution in [0, 0.1) is 6.92 Å². The fraction of sp³-hybridized carbons (Fsp3) is 0.600. The molecule has 0 radical (unpaired) electrons. The number of nitrogens with one attached hydrogen (secondary N) is 1. The van der Waals surface area contributed by atoms with Crippen LogP contribution in [0.25, 0.3) is 0 Å². The van der Waals surface area contributed by atoms with Crippen molar-refractivity contribution in [2.75, 3.05) is 0 Å². The predicted molar refractivity (Wildman–Crippen MR) is 51.3 cm³/mol. The van der Waals surface area contributed by atoms with E-state index in [1.165, 1.54) is 0 Å². The zero-order valence-corrected chi connectivity index (χ0v) is 8.42. The molecule has 0 unspecified atom stereocenters. The lowest BCUT2D eigenvalue weighted by Gasteiger charge is -2.04. The Labute approximate surface area is 82.4 Å². The number of carboxylic acids is 1. The van der Waals surface area contributed by atoms with E-state index in [4.69, 9.17) is 5.11 Å². The van der Waals surface area contributed by atoms with E-state index in [1.54, 1.807) is 0 Å². The number of hydrogen-bond donors (Lipinski definition) is 2. The molecular weight excluding hydrogens is 180 g/mol. The highest BCUT2D eigenvalue weighted by atomic mass is 16.4. The number of aryl methyl sites for hydroxylation is 2. The van der Waals surface area contributed by atoms with Crippen LogP contribution in [0.2, 0.25) is 0 Å². The van der Waals surface area contributed by atoms with Crippen LogP contribution in [0.3, 0.4) is 0 Å². The molecule has 76 valence electrons. The molecule has 14 heavy (non-hydrogen) atoms. The summed E-state index contributed by atoms with van der Waals surface area (Å²) >= 11 is 0. The lowest BCUT2D eigenvalue weighted by molar-refractivity contribution is -0.140. The molecule has 0 saturated heterocycles. The van der Waals surface area contributed by atoms with E-state index in [9.17, 15) is 4.79 Å². The van der Waals surface area contributed by atoms with Gasteiger partial charge in [0.15, 0.2) is 0 Å². The van der Waals surface area contributed by atoms with Crippen molar-refractivity contribution in [3.63, 3.8) is 0 Å². The Morgan fingerprint density at radius 2 is 2.29 bits per heavy atom. The molecule has 4 nitrogen and oxygen atoms in total. The van der Waals surface area contributed by atoms with Crippen molar-refractivity contribution in [1.82, 2.24) is 9.97 Å². The van der Waals surface area contributed by atoms with E-state index >= 15 is 0 Å². The second-order valence-electron chi connectivity index (χ2n) is 3.90. The van der Waals surface area contributed by atoms with Gasteiger partial charge in [0.05, 0.1) is 5.69 Å². The van der Waals surface area contributed by atoms with Gasteiger partial charge in [-0.3, -0.25) is 4.79 Å². The van der Waals surface area contributed by atoms with Crippen LogP contribution < -0.4 is 0 Å². The average molecular weight is 194 g/mol. The minimum atomic E-state index is -0.756. The molecule has 1 heterocycles. The summed E-state index contributed by atoms with van der Waals surface area (Å²) in [7, 11) is 0. The Morgan fingerprint density at radius 1 is 1.64 bits per heavy atom. The summed E-state index contributed by atoms with van der Waals surface area (Å²) in [6, 6.07) is 0. The molecule has 1 saturated carbocycles. The topological polar surface area (TPSA) is 66.0 Å². The van der Waals surface area contributed by atoms with Crippen LogP contribution in [0.5, 0.6) is 0 Å². The minimum absolute atomic E-state index is 0.638. The van der Waals surface area contributed by atoms with Crippen LogP contribution in [0.1, 0.15) is 37.0 Å². The van der Waals surface area contributed by atoms with Gasteiger partial charge in [0, 0.05) is 5.69 Å². The number of H-pyrrole nitrogens is 1. The number of imidazole rings is 1. The SMILES string of the molecule is CCc1nc(C2(C(=O)O)CC2)[nH]c1C. The molecule has 0 aliphatic heterocycles. The molecule has 4 heteroatoms. The van der Waals surface area contributed by atoms with Crippen molar-refractivity contribution in [3.8, 4) is 0 Å². The number of aliphatic carboxylic acids is 1. The summed E-state index contributed by atoms with van der Waals surface area (Å²) in [5.74, 6) is -0.117. The first-order valence-electron chi connectivity index (χ1n) is 4.89. The Balaban J connectivity index is 2.38. The molecular formula is C10H14N2O2. The Hall–Kier alpha value is -1.32. The van der Waals surface area contributed by atoms with Gasteiger partial charge in [-0.15, -0.1) is 0 Å². The summed E-state index contributed by atoms with van der Waals surface area (Å²) in [6.07, 6.45) is 2.26. The van der Waals surface area contributed by atoms with Crippen molar-refractivity contribution >= 4 is 5.97 Å². The Kier molecular flexibility index (Phi) is 1.87.